The summed E-state index contributed by atoms with van der Waals surface area (Å²) in [5.41, 5.74) is 2.09. The fourth-order valence-electron chi connectivity index (χ4n) is 0.935. The van der Waals surface area contributed by atoms with Gasteiger partial charge in [-0.15, -0.1) is 0 Å². The van der Waals surface area contributed by atoms with E-state index in [-0.39, 0.29) is 5.69 Å². The molecule has 13 heavy (non-hydrogen) atoms. The van der Waals surface area contributed by atoms with Crippen LogP contribution in [0.15, 0.2) is 18.3 Å². The van der Waals surface area contributed by atoms with Gasteiger partial charge in [-0.1, -0.05) is 0 Å². The molecule has 0 amide bonds. The van der Waals surface area contributed by atoms with Gasteiger partial charge < -0.3 is 15.8 Å². The minimum atomic E-state index is -4.67. The summed E-state index contributed by atoms with van der Waals surface area (Å²) in [4.78, 5) is 2.33. The Labute approximate surface area is 72.4 Å². The van der Waals surface area contributed by atoms with Crippen LogP contribution in [-0.4, -0.2) is 22.9 Å². The van der Waals surface area contributed by atoms with Gasteiger partial charge in [0.2, 0.25) is 0 Å². The van der Waals surface area contributed by atoms with Crippen molar-refractivity contribution in [3.63, 3.8) is 0 Å². The van der Waals surface area contributed by atoms with Gasteiger partial charge in [0.25, 0.3) is 0 Å². The van der Waals surface area contributed by atoms with E-state index in [9.17, 15) is 13.2 Å². The monoisotopic (exact) mass is 194 g/mol. The molecule has 0 radical (unpaired) electrons. The molecule has 0 aromatic carbocycles. The van der Waals surface area contributed by atoms with Crippen LogP contribution in [0.3, 0.4) is 0 Å². The number of rotatable bonds is 2. The van der Waals surface area contributed by atoms with Gasteiger partial charge in [0.15, 0.2) is 5.54 Å². The van der Waals surface area contributed by atoms with Crippen LogP contribution in [0, 0.1) is 0 Å². The molecular weight excluding hydrogens is 185 g/mol. The van der Waals surface area contributed by atoms with E-state index in [1.165, 1.54) is 18.3 Å². The Balaban J connectivity index is 3.09. The summed E-state index contributed by atoms with van der Waals surface area (Å²) >= 11 is 0. The lowest BCUT2D eigenvalue weighted by atomic mass is 9.97. The van der Waals surface area contributed by atoms with Crippen molar-refractivity contribution in [2.45, 2.75) is 11.7 Å². The molecule has 1 rings (SSSR count). The zero-order chi connectivity index (χ0) is 10.1. The molecule has 0 bridgehead atoms. The Kier molecular flexibility index (Phi) is 2.36. The van der Waals surface area contributed by atoms with Crippen molar-refractivity contribution in [2.24, 2.45) is 5.73 Å². The molecule has 0 aliphatic carbocycles. The van der Waals surface area contributed by atoms with E-state index < -0.39 is 18.3 Å². The fraction of sp³-hybridized carbons (Fsp3) is 0.429. The molecule has 0 fully saturated rings. The number of H-pyrrole nitrogens is 1. The summed E-state index contributed by atoms with van der Waals surface area (Å²) in [7, 11) is 0. The quantitative estimate of drug-likeness (QED) is 0.649. The number of alkyl halides is 3. The van der Waals surface area contributed by atoms with Gasteiger partial charge in [0.1, 0.15) is 0 Å². The van der Waals surface area contributed by atoms with Crippen LogP contribution in [0.4, 0.5) is 13.2 Å². The molecule has 6 heteroatoms. The summed E-state index contributed by atoms with van der Waals surface area (Å²) in [6, 6.07) is 2.57. The number of aliphatic hydroxyl groups is 1. The lowest BCUT2D eigenvalue weighted by molar-refractivity contribution is -0.200. The summed E-state index contributed by atoms with van der Waals surface area (Å²) in [6.45, 7) is -1.18. The minimum absolute atomic E-state index is 0.248. The number of hydrogen-bond donors (Lipinski definition) is 3. The predicted molar refractivity (Wildman–Crippen MR) is 39.8 cm³/mol. The second-order valence-electron chi connectivity index (χ2n) is 2.71. The molecular formula is C7H9F3N2O. The lowest BCUT2D eigenvalue weighted by Gasteiger charge is -2.28. The number of aromatic nitrogens is 1. The zero-order valence-electron chi connectivity index (χ0n) is 6.60. The van der Waals surface area contributed by atoms with E-state index in [4.69, 9.17) is 10.8 Å². The molecule has 0 aliphatic rings. The van der Waals surface area contributed by atoms with Gasteiger partial charge in [0.05, 0.1) is 6.61 Å². The normalized spacial score (nSPS) is 17.0. The fourth-order valence-corrected chi connectivity index (χ4v) is 0.935. The number of aromatic amines is 1. The first-order valence-corrected chi connectivity index (χ1v) is 3.52. The largest absolute Gasteiger partial charge is 0.414 e. The third-order valence-corrected chi connectivity index (χ3v) is 1.83. The molecule has 3 nitrogen and oxygen atoms in total. The molecule has 1 aromatic heterocycles. The van der Waals surface area contributed by atoms with Gasteiger partial charge in [0, 0.05) is 11.9 Å². The highest BCUT2D eigenvalue weighted by atomic mass is 19.4. The average molecular weight is 194 g/mol. The Morgan fingerprint density at radius 2 is 2.08 bits per heavy atom. The van der Waals surface area contributed by atoms with Gasteiger partial charge in [-0.05, 0) is 12.1 Å². The maximum atomic E-state index is 12.4. The van der Waals surface area contributed by atoms with Crippen molar-refractivity contribution < 1.29 is 18.3 Å². The standard InChI is InChI=1S/C7H9F3N2O/c8-7(9,10)6(11,4-13)5-2-1-3-12-5/h1-3,12-13H,4,11H2/t6-/m0/s1. The van der Waals surface area contributed by atoms with Crippen LogP contribution in [0.5, 0.6) is 0 Å². The highest BCUT2D eigenvalue weighted by Gasteiger charge is 2.53. The maximum Gasteiger partial charge on any atom is 0.414 e. The second kappa shape index (κ2) is 3.04. The third-order valence-electron chi connectivity index (χ3n) is 1.83. The van der Waals surface area contributed by atoms with Crippen LogP contribution in [0.2, 0.25) is 0 Å². The zero-order valence-corrected chi connectivity index (χ0v) is 6.60. The van der Waals surface area contributed by atoms with Crippen LogP contribution in [0.1, 0.15) is 5.69 Å². The number of aliphatic hydroxyl groups excluding tert-OH is 1. The molecule has 4 N–H and O–H groups in total. The topological polar surface area (TPSA) is 62.0 Å². The third kappa shape index (κ3) is 1.54. The molecule has 1 atom stereocenters. The Hall–Kier alpha value is -1.01. The first-order chi connectivity index (χ1) is 5.92. The molecule has 74 valence electrons. The molecule has 0 unspecified atom stereocenters. The van der Waals surface area contributed by atoms with Crippen molar-refractivity contribution in [3.05, 3.63) is 24.0 Å². The van der Waals surface area contributed by atoms with Gasteiger partial charge in [-0.3, -0.25) is 0 Å². The number of halogens is 3. The molecule has 1 aromatic rings. The van der Waals surface area contributed by atoms with Crippen LogP contribution in [0.25, 0.3) is 0 Å². The van der Waals surface area contributed by atoms with Crippen molar-refractivity contribution in [1.82, 2.24) is 4.98 Å². The predicted octanol–water partition coefficient (Wildman–Crippen LogP) is 0.723. The molecule has 0 spiro atoms. The van der Waals surface area contributed by atoms with E-state index in [2.05, 4.69) is 4.98 Å². The van der Waals surface area contributed by atoms with Crippen LogP contribution >= 0.6 is 0 Å². The molecule has 0 saturated carbocycles. The minimum Gasteiger partial charge on any atom is -0.394 e. The molecule has 0 aliphatic heterocycles. The molecule has 0 saturated heterocycles. The molecule has 1 heterocycles. The second-order valence-corrected chi connectivity index (χ2v) is 2.71. The maximum absolute atomic E-state index is 12.4. The van der Waals surface area contributed by atoms with Gasteiger partial charge >= 0.3 is 6.18 Å². The smallest absolute Gasteiger partial charge is 0.394 e. The van der Waals surface area contributed by atoms with Crippen LogP contribution in [-0.2, 0) is 5.54 Å². The van der Waals surface area contributed by atoms with E-state index in [1.807, 2.05) is 0 Å². The summed E-state index contributed by atoms with van der Waals surface area (Å²) in [6.07, 6.45) is -3.36. The lowest BCUT2D eigenvalue weighted by Crippen LogP contribution is -2.53. The SMILES string of the molecule is N[C@@](CO)(c1ccc[nH]1)C(F)(F)F. The van der Waals surface area contributed by atoms with Crippen molar-refractivity contribution in [3.8, 4) is 0 Å². The van der Waals surface area contributed by atoms with Gasteiger partial charge in [-0.2, -0.15) is 13.2 Å². The van der Waals surface area contributed by atoms with Crippen LogP contribution < -0.4 is 5.73 Å². The highest BCUT2D eigenvalue weighted by molar-refractivity contribution is 5.18. The highest BCUT2D eigenvalue weighted by Crippen LogP contribution is 2.35. The first kappa shape index (κ1) is 10.1. The van der Waals surface area contributed by atoms with E-state index >= 15 is 0 Å². The van der Waals surface area contributed by atoms with Crippen molar-refractivity contribution in [1.29, 1.82) is 0 Å². The Morgan fingerprint density at radius 1 is 1.46 bits per heavy atom. The van der Waals surface area contributed by atoms with E-state index in [1.54, 1.807) is 0 Å². The number of hydrogen-bond acceptors (Lipinski definition) is 2. The Bertz CT molecular complexity index is 270. The number of nitrogens with one attached hydrogen (secondary N) is 1. The summed E-state index contributed by atoms with van der Waals surface area (Å²) < 4.78 is 37.1. The van der Waals surface area contributed by atoms with Crippen molar-refractivity contribution >= 4 is 0 Å². The first-order valence-electron chi connectivity index (χ1n) is 3.52. The van der Waals surface area contributed by atoms with E-state index in [0.717, 1.165) is 0 Å². The Morgan fingerprint density at radius 3 is 2.38 bits per heavy atom. The summed E-state index contributed by atoms with van der Waals surface area (Å²) in [5, 5.41) is 8.63. The number of nitrogens with two attached hydrogens (primary N) is 1. The average Bonchev–Trinajstić information content (AvgIpc) is 2.52. The summed E-state index contributed by atoms with van der Waals surface area (Å²) in [5.74, 6) is 0. The van der Waals surface area contributed by atoms with Gasteiger partial charge in [-0.25, -0.2) is 0 Å². The van der Waals surface area contributed by atoms with E-state index in [0.29, 0.717) is 0 Å². The van der Waals surface area contributed by atoms with Crippen molar-refractivity contribution in [2.75, 3.05) is 6.61 Å².